The van der Waals surface area contributed by atoms with E-state index in [4.69, 9.17) is 20.5 Å². The molecule has 0 fully saturated rings. The Kier molecular flexibility index (Phi) is 8.27. The zero-order valence-electron chi connectivity index (χ0n) is 11.8. The Bertz CT molecular complexity index is 460. The molecule has 0 spiro atoms. The summed E-state index contributed by atoms with van der Waals surface area (Å²) < 4.78 is 14.5. The first kappa shape index (κ1) is 17.5. The predicted molar refractivity (Wildman–Crippen MR) is 69.8 cm³/mol. The number of carbonyl (C=O) groups excluding carboxylic acids is 2. The standard InChI is InChI=1S/C13H18N2O5/c1-4-18-11(15)10(13(17)20-6-3)7-9(8-14)12(16)19-5-2/h7H,4-6,15H2,1-3H3/b9-7-,11-10+. The molecule has 0 saturated carbocycles. The van der Waals surface area contributed by atoms with Crippen molar-refractivity contribution in [3.8, 4) is 6.07 Å². The number of hydrogen-bond donors (Lipinski definition) is 1. The number of nitrogens with two attached hydrogens (primary N) is 1. The Labute approximate surface area is 117 Å². The van der Waals surface area contributed by atoms with Gasteiger partial charge in [-0.25, -0.2) is 9.59 Å². The van der Waals surface area contributed by atoms with Crippen molar-refractivity contribution in [2.45, 2.75) is 20.8 Å². The van der Waals surface area contributed by atoms with Gasteiger partial charge in [-0.05, 0) is 26.8 Å². The molecule has 0 radical (unpaired) electrons. The average Bonchev–Trinajstić information content (AvgIpc) is 2.40. The molecule has 0 atom stereocenters. The van der Waals surface area contributed by atoms with E-state index in [0.717, 1.165) is 6.08 Å². The van der Waals surface area contributed by atoms with Gasteiger partial charge in [0.05, 0.1) is 19.8 Å². The number of rotatable bonds is 7. The van der Waals surface area contributed by atoms with Crippen LogP contribution in [0.3, 0.4) is 0 Å². The molecule has 0 aliphatic heterocycles. The average molecular weight is 282 g/mol. The normalized spacial score (nSPS) is 12.0. The summed E-state index contributed by atoms with van der Waals surface area (Å²) in [4.78, 5) is 23.2. The molecule has 0 heterocycles. The van der Waals surface area contributed by atoms with Crippen molar-refractivity contribution >= 4 is 11.9 Å². The number of ether oxygens (including phenoxy) is 3. The zero-order chi connectivity index (χ0) is 15.5. The Morgan fingerprint density at radius 2 is 1.55 bits per heavy atom. The van der Waals surface area contributed by atoms with E-state index in [1.807, 2.05) is 0 Å². The third-order valence-electron chi connectivity index (χ3n) is 1.97. The lowest BCUT2D eigenvalue weighted by atomic mass is 10.1. The smallest absolute Gasteiger partial charge is 0.348 e. The van der Waals surface area contributed by atoms with E-state index in [-0.39, 0.29) is 36.8 Å². The highest BCUT2D eigenvalue weighted by atomic mass is 16.5. The molecule has 0 amide bonds. The van der Waals surface area contributed by atoms with Crippen LogP contribution in [0.4, 0.5) is 0 Å². The Morgan fingerprint density at radius 3 is 2.00 bits per heavy atom. The summed E-state index contributed by atoms with van der Waals surface area (Å²) in [5.41, 5.74) is 5.03. The molecule has 0 aromatic rings. The molecular formula is C13H18N2O5. The Hall–Kier alpha value is -2.49. The first-order chi connectivity index (χ1) is 9.51. The minimum absolute atomic E-state index is 0.108. The number of hydrogen-bond acceptors (Lipinski definition) is 7. The van der Waals surface area contributed by atoms with Gasteiger partial charge in [-0.1, -0.05) is 0 Å². The van der Waals surface area contributed by atoms with E-state index < -0.39 is 11.9 Å². The monoisotopic (exact) mass is 282 g/mol. The van der Waals surface area contributed by atoms with Crippen LogP contribution in [-0.2, 0) is 23.8 Å². The molecule has 0 aromatic heterocycles. The molecule has 20 heavy (non-hydrogen) atoms. The van der Waals surface area contributed by atoms with Crippen LogP contribution < -0.4 is 5.73 Å². The third kappa shape index (κ3) is 5.44. The summed E-state index contributed by atoms with van der Waals surface area (Å²) in [6.07, 6.45) is 1.00. The molecule has 2 N–H and O–H groups in total. The lowest BCUT2D eigenvalue weighted by Gasteiger charge is -2.08. The van der Waals surface area contributed by atoms with Crippen molar-refractivity contribution in [3.05, 3.63) is 23.1 Å². The number of nitrogens with zero attached hydrogens (tertiary/aromatic N) is 1. The molecule has 0 aromatic carbocycles. The number of esters is 2. The van der Waals surface area contributed by atoms with E-state index in [0.29, 0.717) is 0 Å². The third-order valence-corrected chi connectivity index (χ3v) is 1.97. The van der Waals surface area contributed by atoms with Crippen LogP contribution in [0, 0.1) is 11.3 Å². The topological polar surface area (TPSA) is 112 Å². The second-order valence-corrected chi connectivity index (χ2v) is 3.32. The highest BCUT2D eigenvalue weighted by Crippen LogP contribution is 2.10. The molecule has 0 rings (SSSR count). The first-order valence-electron chi connectivity index (χ1n) is 6.10. The van der Waals surface area contributed by atoms with Crippen molar-refractivity contribution in [2.75, 3.05) is 19.8 Å². The first-order valence-corrected chi connectivity index (χ1v) is 6.10. The summed E-state index contributed by atoms with van der Waals surface area (Å²) in [7, 11) is 0. The highest BCUT2D eigenvalue weighted by Gasteiger charge is 2.19. The van der Waals surface area contributed by atoms with E-state index in [9.17, 15) is 9.59 Å². The maximum Gasteiger partial charge on any atom is 0.348 e. The molecule has 7 heteroatoms. The fraction of sp³-hybridized carbons (Fsp3) is 0.462. The van der Waals surface area contributed by atoms with Gasteiger partial charge in [0.25, 0.3) is 0 Å². The quantitative estimate of drug-likeness (QED) is 0.241. The molecule has 7 nitrogen and oxygen atoms in total. The Morgan fingerprint density at radius 1 is 1.05 bits per heavy atom. The summed E-state index contributed by atoms with van der Waals surface area (Å²) in [5.74, 6) is -1.85. The minimum atomic E-state index is -0.846. The van der Waals surface area contributed by atoms with Crippen molar-refractivity contribution in [2.24, 2.45) is 5.73 Å². The summed E-state index contributed by atoms with van der Waals surface area (Å²) in [6.45, 7) is 5.35. The molecule has 110 valence electrons. The largest absolute Gasteiger partial charge is 0.479 e. The van der Waals surface area contributed by atoms with Gasteiger partial charge in [0.2, 0.25) is 0 Å². The summed E-state index contributed by atoms with van der Waals surface area (Å²) in [6, 6.07) is 1.64. The highest BCUT2D eigenvalue weighted by molar-refractivity contribution is 5.98. The summed E-state index contributed by atoms with van der Waals surface area (Å²) in [5, 5.41) is 8.92. The predicted octanol–water partition coefficient (Wildman–Crippen LogP) is 0.769. The fourth-order valence-corrected chi connectivity index (χ4v) is 1.16. The molecule has 0 aliphatic rings. The van der Waals surface area contributed by atoms with Gasteiger partial charge in [-0.15, -0.1) is 0 Å². The van der Waals surface area contributed by atoms with Crippen LogP contribution in [-0.4, -0.2) is 31.8 Å². The van der Waals surface area contributed by atoms with Crippen molar-refractivity contribution in [1.29, 1.82) is 5.26 Å². The van der Waals surface area contributed by atoms with Crippen molar-refractivity contribution in [1.82, 2.24) is 0 Å². The van der Waals surface area contributed by atoms with Crippen LogP contribution in [0.2, 0.25) is 0 Å². The summed E-state index contributed by atoms with van der Waals surface area (Å²) >= 11 is 0. The van der Waals surface area contributed by atoms with Gasteiger partial charge in [-0.3, -0.25) is 0 Å². The van der Waals surface area contributed by atoms with E-state index in [1.54, 1.807) is 26.8 Å². The van der Waals surface area contributed by atoms with Gasteiger partial charge < -0.3 is 19.9 Å². The van der Waals surface area contributed by atoms with Crippen LogP contribution in [0.5, 0.6) is 0 Å². The maximum atomic E-state index is 11.7. The SMILES string of the molecule is CCOC(=O)/C(C#N)=C\C(C(=O)OCC)=C(\N)OCC. The molecule has 0 aliphatic carbocycles. The second-order valence-electron chi connectivity index (χ2n) is 3.32. The molecule has 0 unspecified atom stereocenters. The van der Waals surface area contributed by atoms with Gasteiger partial charge >= 0.3 is 11.9 Å². The molecule has 0 bridgehead atoms. The lowest BCUT2D eigenvalue weighted by Crippen LogP contribution is -2.16. The lowest BCUT2D eigenvalue weighted by molar-refractivity contribution is -0.138. The van der Waals surface area contributed by atoms with E-state index >= 15 is 0 Å². The van der Waals surface area contributed by atoms with Gasteiger partial charge in [0, 0.05) is 0 Å². The number of carbonyl (C=O) groups is 2. The Balaban J connectivity index is 5.54. The fourth-order valence-electron chi connectivity index (χ4n) is 1.16. The second kappa shape index (κ2) is 9.44. The van der Waals surface area contributed by atoms with Crippen molar-refractivity contribution < 1.29 is 23.8 Å². The van der Waals surface area contributed by atoms with E-state index in [2.05, 4.69) is 4.74 Å². The zero-order valence-corrected chi connectivity index (χ0v) is 11.8. The van der Waals surface area contributed by atoms with Crippen LogP contribution in [0.15, 0.2) is 23.1 Å². The molecule has 0 saturated heterocycles. The number of nitriles is 1. The van der Waals surface area contributed by atoms with Crippen LogP contribution in [0.25, 0.3) is 0 Å². The van der Waals surface area contributed by atoms with Gasteiger partial charge in [0.1, 0.15) is 17.2 Å². The molecular weight excluding hydrogens is 264 g/mol. The minimum Gasteiger partial charge on any atom is -0.479 e. The van der Waals surface area contributed by atoms with E-state index in [1.165, 1.54) is 0 Å². The maximum absolute atomic E-state index is 11.7. The van der Waals surface area contributed by atoms with Crippen LogP contribution in [0.1, 0.15) is 20.8 Å². The van der Waals surface area contributed by atoms with Crippen LogP contribution >= 0.6 is 0 Å². The van der Waals surface area contributed by atoms with Gasteiger partial charge in [0.15, 0.2) is 5.88 Å². The van der Waals surface area contributed by atoms with Gasteiger partial charge in [-0.2, -0.15) is 5.26 Å². The van der Waals surface area contributed by atoms with Crippen molar-refractivity contribution in [3.63, 3.8) is 0 Å².